The molecule has 2 aliphatic carbocycles. The number of amides is 3. The number of ether oxygens (including phenoxy) is 2. The lowest BCUT2D eigenvalue weighted by atomic mass is 10.1. The monoisotopic (exact) mass is 577 g/mol. The Morgan fingerprint density at radius 2 is 1.77 bits per heavy atom. The number of nitrogens with one attached hydrogen (secondary N) is 3. The summed E-state index contributed by atoms with van der Waals surface area (Å²) in [5.74, 6) is -1.90. The summed E-state index contributed by atoms with van der Waals surface area (Å²) in [6, 6.07) is 5.11. The van der Waals surface area contributed by atoms with E-state index < -0.39 is 40.0 Å². The number of anilines is 1. The number of alkyl carbamates (subject to hydrolysis) is 1. The van der Waals surface area contributed by atoms with Crippen LogP contribution in [-0.2, 0) is 33.9 Å². The molecule has 12 heteroatoms. The van der Waals surface area contributed by atoms with Crippen LogP contribution < -0.4 is 15.4 Å². The molecule has 3 N–H and O–H groups in total. The van der Waals surface area contributed by atoms with Gasteiger partial charge in [0.1, 0.15) is 17.0 Å². The number of methoxy groups -OCH3 is 1. The van der Waals surface area contributed by atoms with Crippen molar-refractivity contribution in [3.05, 3.63) is 36.9 Å². The number of benzene rings is 1. The summed E-state index contributed by atoms with van der Waals surface area (Å²) in [6.07, 6.45) is 8.30. The van der Waals surface area contributed by atoms with Crippen molar-refractivity contribution in [1.82, 2.24) is 10.0 Å². The molecule has 2 fully saturated rings. The minimum atomic E-state index is -4.16. The smallest absolute Gasteiger partial charge is 0.408 e. The van der Waals surface area contributed by atoms with Crippen molar-refractivity contribution >= 4 is 39.6 Å². The Labute approximate surface area is 235 Å². The van der Waals surface area contributed by atoms with Crippen LogP contribution in [0.25, 0.3) is 0 Å². The molecule has 0 saturated heterocycles. The van der Waals surface area contributed by atoms with E-state index in [4.69, 9.17) is 9.47 Å². The molecular weight excluding hydrogens is 538 g/mol. The SMILES string of the molecule is C=C[C@@H]1C[C@@H]1C(=O)NS(=O)(=O)c1ccccc1NC(=O)CCCCCC[C@H](NC(=O)OC1CCCC1)C(=O)OC. The zero-order valence-electron chi connectivity index (χ0n) is 22.9. The van der Waals surface area contributed by atoms with Gasteiger partial charge in [0.2, 0.25) is 11.8 Å². The first-order valence-electron chi connectivity index (χ1n) is 13.8. The first-order valence-corrected chi connectivity index (χ1v) is 15.3. The quantitative estimate of drug-likeness (QED) is 0.161. The number of sulfonamides is 1. The van der Waals surface area contributed by atoms with E-state index in [0.717, 1.165) is 25.7 Å². The maximum Gasteiger partial charge on any atom is 0.408 e. The van der Waals surface area contributed by atoms with Crippen LogP contribution in [0.3, 0.4) is 0 Å². The lowest BCUT2D eigenvalue weighted by Gasteiger charge is -2.18. The van der Waals surface area contributed by atoms with E-state index in [1.165, 1.54) is 25.3 Å². The highest BCUT2D eigenvalue weighted by atomic mass is 32.2. The van der Waals surface area contributed by atoms with Crippen molar-refractivity contribution in [3.8, 4) is 0 Å². The summed E-state index contributed by atoms with van der Waals surface area (Å²) >= 11 is 0. The van der Waals surface area contributed by atoms with Crippen molar-refractivity contribution in [2.45, 2.75) is 87.7 Å². The normalized spacial score (nSPS) is 19.2. The molecule has 3 amide bonds. The molecule has 0 aliphatic heterocycles. The van der Waals surface area contributed by atoms with E-state index in [1.54, 1.807) is 12.1 Å². The summed E-state index contributed by atoms with van der Waals surface area (Å²) < 4.78 is 37.9. The highest BCUT2D eigenvalue weighted by Gasteiger charge is 2.42. The Hall–Kier alpha value is -3.41. The van der Waals surface area contributed by atoms with Crippen LogP contribution in [0.5, 0.6) is 0 Å². The van der Waals surface area contributed by atoms with E-state index in [2.05, 4.69) is 21.9 Å². The molecule has 1 aromatic rings. The molecule has 0 aromatic heterocycles. The molecule has 220 valence electrons. The maximum atomic E-state index is 12.8. The molecule has 0 radical (unpaired) electrons. The second kappa shape index (κ2) is 14.8. The third-order valence-electron chi connectivity index (χ3n) is 7.17. The molecule has 3 atom stereocenters. The third kappa shape index (κ3) is 9.35. The summed E-state index contributed by atoms with van der Waals surface area (Å²) in [5.41, 5.74) is 0.0975. The number of para-hydroxylation sites is 1. The van der Waals surface area contributed by atoms with Gasteiger partial charge in [-0.25, -0.2) is 22.7 Å². The Bertz CT molecular complexity index is 1180. The molecular formula is C28H39N3O8S. The predicted octanol–water partition coefficient (Wildman–Crippen LogP) is 3.80. The van der Waals surface area contributed by atoms with Crippen LogP contribution in [0.2, 0.25) is 0 Å². The number of carbonyl (C=O) groups is 4. The topological polar surface area (TPSA) is 157 Å². The van der Waals surface area contributed by atoms with Gasteiger partial charge in [-0.05, 0) is 63.0 Å². The minimum Gasteiger partial charge on any atom is -0.467 e. The van der Waals surface area contributed by atoms with Crippen molar-refractivity contribution in [1.29, 1.82) is 0 Å². The van der Waals surface area contributed by atoms with Crippen molar-refractivity contribution < 1.29 is 37.1 Å². The fourth-order valence-electron chi connectivity index (χ4n) is 4.77. The Morgan fingerprint density at radius 1 is 1.07 bits per heavy atom. The lowest BCUT2D eigenvalue weighted by Crippen LogP contribution is -2.42. The van der Waals surface area contributed by atoms with Crippen LogP contribution in [0.15, 0.2) is 41.8 Å². The van der Waals surface area contributed by atoms with E-state index >= 15 is 0 Å². The number of carbonyl (C=O) groups excluding carboxylic acids is 4. The first kappa shape index (κ1) is 31.1. The number of rotatable bonds is 15. The fraction of sp³-hybridized carbons (Fsp3) is 0.571. The molecule has 0 unspecified atom stereocenters. The Morgan fingerprint density at radius 3 is 2.45 bits per heavy atom. The van der Waals surface area contributed by atoms with Crippen molar-refractivity contribution in [2.75, 3.05) is 12.4 Å². The molecule has 0 bridgehead atoms. The third-order valence-corrected chi connectivity index (χ3v) is 8.57. The lowest BCUT2D eigenvalue weighted by molar-refractivity contribution is -0.143. The van der Waals surface area contributed by atoms with E-state index in [0.29, 0.717) is 38.5 Å². The van der Waals surface area contributed by atoms with Crippen LogP contribution >= 0.6 is 0 Å². The predicted molar refractivity (Wildman–Crippen MR) is 148 cm³/mol. The van der Waals surface area contributed by atoms with Gasteiger partial charge in [0.05, 0.1) is 12.8 Å². The van der Waals surface area contributed by atoms with Gasteiger partial charge in [-0.15, -0.1) is 6.58 Å². The zero-order valence-corrected chi connectivity index (χ0v) is 23.7. The van der Waals surface area contributed by atoms with E-state index in [9.17, 15) is 27.6 Å². The van der Waals surface area contributed by atoms with Gasteiger partial charge in [-0.2, -0.15) is 0 Å². The molecule has 2 saturated carbocycles. The summed E-state index contributed by atoms with van der Waals surface area (Å²) in [5, 5.41) is 5.22. The molecule has 11 nitrogen and oxygen atoms in total. The van der Waals surface area contributed by atoms with Crippen LogP contribution in [-0.4, -0.2) is 51.6 Å². The Balaban J connectivity index is 1.40. The number of unbranched alkanes of at least 4 members (excludes halogenated alkanes) is 3. The van der Waals surface area contributed by atoms with Gasteiger partial charge < -0.3 is 20.1 Å². The van der Waals surface area contributed by atoms with E-state index in [-0.39, 0.29) is 34.9 Å². The number of esters is 1. The second-order valence-electron chi connectivity index (χ2n) is 10.2. The van der Waals surface area contributed by atoms with Crippen LogP contribution in [0.4, 0.5) is 10.5 Å². The van der Waals surface area contributed by atoms with Crippen LogP contribution in [0, 0.1) is 11.8 Å². The highest BCUT2D eigenvalue weighted by molar-refractivity contribution is 7.90. The van der Waals surface area contributed by atoms with Gasteiger partial charge in [0, 0.05) is 12.3 Å². The first-order chi connectivity index (χ1) is 19.1. The van der Waals surface area contributed by atoms with Crippen molar-refractivity contribution in [2.24, 2.45) is 11.8 Å². The van der Waals surface area contributed by atoms with E-state index in [1.807, 2.05) is 0 Å². The van der Waals surface area contributed by atoms with Gasteiger partial charge in [-0.3, -0.25) is 9.59 Å². The summed E-state index contributed by atoms with van der Waals surface area (Å²) in [4.78, 5) is 48.8. The zero-order chi connectivity index (χ0) is 29.1. The fourth-order valence-corrected chi connectivity index (χ4v) is 5.96. The van der Waals surface area contributed by atoms with Gasteiger partial charge in [0.15, 0.2) is 0 Å². The second-order valence-corrected chi connectivity index (χ2v) is 11.9. The number of hydrogen-bond acceptors (Lipinski definition) is 8. The Kier molecular flexibility index (Phi) is 11.5. The molecule has 2 aliphatic rings. The molecule has 0 spiro atoms. The van der Waals surface area contributed by atoms with Gasteiger partial charge >= 0.3 is 12.1 Å². The number of hydrogen-bond donors (Lipinski definition) is 3. The maximum absolute atomic E-state index is 12.8. The van der Waals surface area contributed by atoms with Crippen LogP contribution in [0.1, 0.15) is 70.6 Å². The average Bonchev–Trinajstić information content (AvgIpc) is 3.56. The standard InChI is InChI=1S/C28H39N3O8S/c1-3-19-18-21(19)26(33)31-40(36,37)24-16-11-10-14-22(24)29-25(32)17-7-5-4-6-15-23(27(34)38-2)30-28(35)39-20-12-8-9-13-20/h3,10-11,14,16,19-21,23H,1,4-9,12-13,15,17-18H2,2H3,(H,29,32)(H,30,35)(H,31,33)/t19-,21+,23+/m1/s1. The highest BCUT2D eigenvalue weighted by Crippen LogP contribution is 2.39. The number of allylic oxidation sites excluding steroid dienone is 1. The largest absolute Gasteiger partial charge is 0.467 e. The van der Waals surface area contributed by atoms with Crippen molar-refractivity contribution in [3.63, 3.8) is 0 Å². The average molecular weight is 578 g/mol. The summed E-state index contributed by atoms with van der Waals surface area (Å²) in [7, 11) is -2.90. The van der Waals surface area contributed by atoms with Gasteiger partial charge in [0.25, 0.3) is 10.0 Å². The molecule has 1 aromatic carbocycles. The van der Waals surface area contributed by atoms with Gasteiger partial charge in [-0.1, -0.05) is 37.5 Å². The minimum absolute atomic E-state index is 0.0224. The molecule has 0 heterocycles. The summed E-state index contributed by atoms with van der Waals surface area (Å²) in [6.45, 7) is 3.63. The molecule has 40 heavy (non-hydrogen) atoms. The molecule has 3 rings (SSSR count).